The van der Waals surface area contributed by atoms with Crippen molar-refractivity contribution in [1.82, 2.24) is 20.5 Å². The van der Waals surface area contributed by atoms with E-state index in [1.807, 2.05) is 13.8 Å². The van der Waals surface area contributed by atoms with Gasteiger partial charge in [-0.15, -0.1) is 10.2 Å². The van der Waals surface area contributed by atoms with Crippen LogP contribution in [0.15, 0.2) is 23.0 Å². The quantitative estimate of drug-likeness (QED) is 0.817. The number of rotatable bonds is 6. The van der Waals surface area contributed by atoms with Crippen LogP contribution in [-0.2, 0) is 11.2 Å². The molecular formula is C17H20N4O4. The molecule has 0 atom stereocenters. The van der Waals surface area contributed by atoms with Gasteiger partial charge in [0.05, 0.1) is 0 Å². The van der Waals surface area contributed by atoms with E-state index in [0.717, 1.165) is 0 Å². The molecule has 8 nitrogen and oxygen atoms in total. The smallest absolute Gasteiger partial charge is 0.273 e. The van der Waals surface area contributed by atoms with E-state index in [2.05, 4.69) is 20.5 Å². The van der Waals surface area contributed by atoms with E-state index < -0.39 is 0 Å². The van der Waals surface area contributed by atoms with Gasteiger partial charge in [0.25, 0.3) is 5.56 Å². The first kappa shape index (κ1) is 16.9. The van der Waals surface area contributed by atoms with E-state index in [1.165, 1.54) is 0 Å². The lowest BCUT2D eigenvalue weighted by atomic mass is 10.2. The fourth-order valence-corrected chi connectivity index (χ4v) is 2.34. The molecule has 2 aromatic rings. The van der Waals surface area contributed by atoms with Gasteiger partial charge in [0.2, 0.25) is 12.7 Å². The number of nitrogens with one attached hydrogen (secondary N) is 2. The van der Waals surface area contributed by atoms with Crippen molar-refractivity contribution in [2.75, 3.05) is 13.3 Å². The van der Waals surface area contributed by atoms with Crippen LogP contribution in [0.5, 0.6) is 11.5 Å². The van der Waals surface area contributed by atoms with Crippen molar-refractivity contribution in [3.05, 3.63) is 34.2 Å². The molecule has 0 bridgehead atoms. The van der Waals surface area contributed by atoms with Crippen molar-refractivity contribution in [2.45, 2.75) is 26.7 Å². The number of aryl methyl sites for hydroxylation is 1. The van der Waals surface area contributed by atoms with Crippen LogP contribution < -0.4 is 20.3 Å². The van der Waals surface area contributed by atoms with Crippen molar-refractivity contribution >= 4 is 5.91 Å². The van der Waals surface area contributed by atoms with E-state index in [4.69, 9.17) is 9.47 Å². The Bertz CT molecular complexity index is 832. The molecule has 1 aromatic heterocycles. The number of amides is 1. The maximum absolute atomic E-state index is 12.2. The Morgan fingerprint density at radius 2 is 2.08 bits per heavy atom. The number of hydrogen-bond donors (Lipinski definition) is 2. The molecule has 1 aliphatic rings. The Kier molecular flexibility index (Phi) is 4.97. The summed E-state index contributed by atoms with van der Waals surface area (Å²) in [6.45, 7) is 4.83. The topological polar surface area (TPSA) is 106 Å². The van der Waals surface area contributed by atoms with Gasteiger partial charge in [-0.3, -0.25) is 9.59 Å². The molecule has 3 rings (SSSR count). The van der Waals surface area contributed by atoms with Crippen molar-refractivity contribution < 1.29 is 14.3 Å². The SMILES string of the molecule is CC(C)CNC(=O)CCc1nnc(-c2ccc3c(c2)OCO3)[nH]c1=O. The number of fused-ring (bicyclic) bond motifs is 1. The number of aromatic amines is 1. The summed E-state index contributed by atoms with van der Waals surface area (Å²) in [5, 5.41) is 10.8. The third-order valence-corrected chi connectivity index (χ3v) is 3.71. The van der Waals surface area contributed by atoms with E-state index in [9.17, 15) is 9.59 Å². The van der Waals surface area contributed by atoms with Crippen LogP contribution in [-0.4, -0.2) is 34.4 Å². The van der Waals surface area contributed by atoms with Gasteiger partial charge in [0, 0.05) is 24.9 Å². The number of carbonyl (C=O) groups excluding carboxylic acids is 1. The largest absolute Gasteiger partial charge is 0.454 e. The van der Waals surface area contributed by atoms with Crippen molar-refractivity contribution in [1.29, 1.82) is 0 Å². The third kappa shape index (κ3) is 4.14. The first-order chi connectivity index (χ1) is 12.0. The Balaban J connectivity index is 1.67. The fourth-order valence-electron chi connectivity index (χ4n) is 2.34. The van der Waals surface area contributed by atoms with Crippen LogP contribution in [0.4, 0.5) is 0 Å². The van der Waals surface area contributed by atoms with Gasteiger partial charge in [-0.2, -0.15) is 0 Å². The summed E-state index contributed by atoms with van der Waals surface area (Å²) in [4.78, 5) is 26.6. The van der Waals surface area contributed by atoms with E-state index in [-0.39, 0.29) is 36.8 Å². The zero-order valence-electron chi connectivity index (χ0n) is 14.2. The number of carbonyl (C=O) groups is 1. The lowest BCUT2D eigenvalue weighted by Crippen LogP contribution is -2.28. The molecule has 0 aliphatic carbocycles. The van der Waals surface area contributed by atoms with Gasteiger partial charge in [-0.1, -0.05) is 13.8 Å². The predicted molar refractivity (Wildman–Crippen MR) is 90.4 cm³/mol. The molecule has 2 N–H and O–H groups in total. The highest BCUT2D eigenvalue weighted by molar-refractivity contribution is 5.76. The number of nitrogens with zero attached hydrogens (tertiary/aromatic N) is 2. The second-order valence-electron chi connectivity index (χ2n) is 6.22. The first-order valence-electron chi connectivity index (χ1n) is 8.15. The molecule has 0 saturated carbocycles. The minimum Gasteiger partial charge on any atom is -0.454 e. The van der Waals surface area contributed by atoms with Crippen LogP contribution in [0.2, 0.25) is 0 Å². The molecule has 132 valence electrons. The summed E-state index contributed by atoms with van der Waals surface area (Å²) < 4.78 is 10.6. The van der Waals surface area contributed by atoms with Gasteiger partial charge in [-0.05, 0) is 24.1 Å². The summed E-state index contributed by atoms with van der Waals surface area (Å²) >= 11 is 0. The van der Waals surface area contributed by atoms with Crippen LogP contribution in [0, 0.1) is 5.92 Å². The molecule has 8 heteroatoms. The van der Waals surface area contributed by atoms with Gasteiger partial charge in [-0.25, -0.2) is 0 Å². The second kappa shape index (κ2) is 7.33. The Morgan fingerprint density at radius 1 is 1.28 bits per heavy atom. The number of aromatic nitrogens is 3. The molecule has 25 heavy (non-hydrogen) atoms. The second-order valence-corrected chi connectivity index (χ2v) is 6.22. The maximum Gasteiger partial charge on any atom is 0.273 e. The highest BCUT2D eigenvalue weighted by Gasteiger charge is 2.15. The molecule has 0 fully saturated rings. The van der Waals surface area contributed by atoms with Gasteiger partial charge in [0.15, 0.2) is 17.3 Å². The molecular weight excluding hydrogens is 324 g/mol. The monoisotopic (exact) mass is 344 g/mol. The number of hydrogen-bond acceptors (Lipinski definition) is 6. The van der Waals surface area contributed by atoms with E-state index in [0.29, 0.717) is 35.3 Å². The summed E-state index contributed by atoms with van der Waals surface area (Å²) in [5.41, 5.74) is 0.568. The molecule has 2 heterocycles. The first-order valence-corrected chi connectivity index (χ1v) is 8.15. The van der Waals surface area contributed by atoms with Crippen LogP contribution in [0.1, 0.15) is 26.0 Å². The van der Waals surface area contributed by atoms with Crippen LogP contribution in [0.25, 0.3) is 11.4 Å². The van der Waals surface area contributed by atoms with Gasteiger partial charge in [0.1, 0.15) is 5.69 Å². The zero-order valence-corrected chi connectivity index (χ0v) is 14.2. The predicted octanol–water partition coefficient (Wildman–Crippen LogP) is 1.27. The number of benzene rings is 1. The van der Waals surface area contributed by atoms with E-state index >= 15 is 0 Å². The molecule has 0 saturated heterocycles. The number of H-pyrrole nitrogens is 1. The lowest BCUT2D eigenvalue weighted by Gasteiger charge is -2.07. The summed E-state index contributed by atoms with van der Waals surface area (Å²) in [6, 6.07) is 5.26. The summed E-state index contributed by atoms with van der Waals surface area (Å²) in [7, 11) is 0. The highest BCUT2D eigenvalue weighted by atomic mass is 16.7. The molecule has 0 unspecified atom stereocenters. The average Bonchev–Trinajstić information content (AvgIpc) is 3.06. The minimum absolute atomic E-state index is 0.102. The Hall–Kier alpha value is -2.90. The highest BCUT2D eigenvalue weighted by Crippen LogP contribution is 2.34. The molecule has 0 radical (unpaired) electrons. The molecule has 1 aliphatic heterocycles. The van der Waals surface area contributed by atoms with Gasteiger partial charge < -0.3 is 19.8 Å². The Labute approximate surface area is 144 Å². The molecule has 0 spiro atoms. The summed E-state index contributed by atoms with van der Waals surface area (Å²) in [5.74, 6) is 1.88. The normalized spacial score (nSPS) is 12.4. The maximum atomic E-state index is 12.2. The molecule has 1 amide bonds. The van der Waals surface area contributed by atoms with Crippen molar-refractivity contribution in [2.24, 2.45) is 5.92 Å². The minimum atomic E-state index is -0.348. The van der Waals surface area contributed by atoms with E-state index in [1.54, 1.807) is 18.2 Å². The van der Waals surface area contributed by atoms with Crippen molar-refractivity contribution in [3.63, 3.8) is 0 Å². The Morgan fingerprint density at radius 3 is 2.84 bits per heavy atom. The van der Waals surface area contributed by atoms with Crippen LogP contribution >= 0.6 is 0 Å². The third-order valence-electron chi connectivity index (χ3n) is 3.71. The zero-order chi connectivity index (χ0) is 17.8. The molecule has 1 aromatic carbocycles. The van der Waals surface area contributed by atoms with Crippen molar-refractivity contribution in [3.8, 4) is 22.9 Å². The average molecular weight is 344 g/mol. The van der Waals surface area contributed by atoms with Gasteiger partial charge >= 0.3 is 0 Å². The standard InChI is InChI=1S/C17H20N4O4/c1-10(2)8-18-15(22)6-4-12-17(23)19-16(21-20-12)11-3-5-13-14(7-11)25-9-24-13/h3,5,7,10H,4,6,8-9H2,1-2H3,(H,18,22)(H,19,21,23). The summed E-state index contributed by atoms with van der Waals surface area (Å²) in [6.07, 6.45) is 0.446. The lowest BCUT2D eigenvalue weighted by molar-refractivity contribution is -0.121. The fraction of sp³-hybridized carbons (Fsp3) is 0.412. The van der Waals surface area contributed by atoms with Crippen LogP contribution in [0.3, 0.4) is 0 Å². The number of ether oxygens (including phenoxy) is 2.